The van der Waals surface area contributed by atoms with Gasteiger partial charge in [0, 0.05) is 24.4 Å². The number of rotatable bonds is 7. The first kappa shape index (κ1) is 22.9. The zero-order valence-corrected chi connectivity index (χ0v) is 19.2. The summed E-state index contributed by atoms with van der Waals surface area (Å²) in [6.45, 7) is 6.01. The normalized spacial score (nSPS) is 24.2. The van der Waals surface area contributed by atoms with E-state index in [4.69, 9.17) is 9.26 Å². The highest BCUT2D eigenvalue weighted by molar-refractivity contribution is 6.08. The summed E-state index contributed by atoms with van der Waals surface area (Å²) < 4.78 is 10.5. The maximum absolute atomic E-state index is 13.1. The maximum Gasteiger partial charge on any atom is 0.326 e. The minimum atomic E-state index is -0.928. The molecule has 1 saturated carbocycles. The third-order valence-corrected chi connectivity index (χ3v) is 6.10. The molecule has 1 aliphatic carbocycles. The fourth-order valence-corrected chi connectivity index (χ4v) is 5.20. The van der Waals surface area contributed by atoms with E-state index < -0.39 is 24.1 Å². The Bertz CT molecular complexity index is 1040. The monoisotopic (exact) mass is 455 g/mol. The van der Waals surface area contributed by atoms with Gasteiger partial charge in [-0.1, -0.05) is 25.9 Å². The van der Waals surface area contributed by atoms with Crippen molar-refractivity contribution in [3.05, 3.63) is 30.4 Å². The third-order valence-electron chi connectivity index (χ3n) is 6.10. The average Bonchev–Trinajstić information content (AvgIpc) is 3.29. The number of hydrogen-bond acceptors (Lipinski definition) is 8. The van der Waals surface area contributed by atoms with E-state index in [1.807, 2.05) is 6.07 Å². The van der Waals surface area contributed by atoms with Crippen LogP contribution in [0.15, 0.2) is 29.0 Å². The minimum absolute atomic E-state index is 0.0667. The second-order valence-electron chi connectivity index (χ2n) is 9.84. The van der Waals surface area contributed by atoms with E-state index in [1.165, 1.54) is 0 Å². The molecule has 10 heteroatoms. The molecule has 0 radical (unpaired) electrons. The molecule has 4 rings (SSSR count). The van der Waals surface area contributed by atoms with Crippen molar-refractivity contribution >= 4 is 17.9 Å². The van der Waals surface area contributed by atoms with E-state index in [1.54, 1.807) is 18.5 Å². The van der Waals surface area contributed by atoms with E-state index in [2.05, 4.69) is 41.2 Å². The molecule has 33 heavy (non-hydrogen) atoms. The van der Waals surface area contributed by atoms with Gasteiger partial charge in [-0.3, -0.25) is 19.5 Å². The Morgan fingerprint density at radius 2 is 2.15 bits per heavy atom. The topological polar surface area (TPSA) is 128 Å². The summed E-state index contributed by atoms with van der Waals surface area (Å²) in [5, 5.41) is 6.78. The molecule has 2 fully saturated rings. The van der Waals surface area contributed by atoms with Gasteiger partial charge < -0.3 is 14.6 Å². The Balaban J connectivity index is 1.25. The Morgan fingerprint density at radius 1 is 1.33 bits per heavy atom. The number of ether oxygens (including phenoxy) is 1. The van der Waals surface area contributed by atoms with Crippen molar-refractivity contribution in [1.29, 1.82) is 0 Å². The summed E-state index contributed by atoms with van der Waals surface area (Å²) in [6.07, 6.45) is 6.34. The van der Waals surface area contributed by atoms with E-state index in [0.717, 1.165) is 16.9 Å². The number of carbonyl (C=O) groups excluding carboxylic acids is 3. The molecule has 3 amide bonds. The second kappa shape index (κ2) is 8.92. The first-order valence-electron chi connectivity index (χ1n) is 11.2. The molecular weight excluding hydrogens is 426 g/mol. The number of nitrogens with zero attached hydrogens (tertiary/aromatic N) is 4. The van der Waals surface area contributed by atoms with Gasteiger partial charge in [-0.2, -0.15) is 4.98 Å². The predicted molar refractivity (Wildman–Crippen MR) is 117 cm³/mol. The van der Waals surface area contributed by atoms with Crippen LogP contribution < -0.4 is 5.32 Å². The van der Waals surface area contributed by atoms with Crippen molar-refractivity contribution in [2.75, 3.05) is 13.2 Å². The first-order chi connectivity index (χ1) is 15.7. The largest absolute Gasteiger partial charge is 0.464 e. The number of amides is 3. The van der Waals surface area contributed by atoms with Gasteiger partial charge in [-0.25, -0.2) is 4.79 Å². The molecule has 2 aromatic heterocycles. The number of imide groups is 1. The van der Waals surface area contributed by atoms with Crippen LogP contribution >= 0.6 is 0 Å². The second-order valence-corrected chi connectivity index (χ2v) is 9.84. The van der Waals surface area contributed by atoms with Crippen LogP contribution in [0.25, 0.3) is 11.4 Å². The molecule has 3 heterocycles. The molecule has 1 spiro atoms. The van der Waals surface area contributed by atoms with Gasteiger partial charge in [0.1, 0.15) is 12.1 Å². The molecule has 0 bridgehead atoms. The van der Waals surface area contributed by atoms with Gasteiger partial charge in [-0.15, -0.1) is 0 Å². The van der Waals surface area contributed by atoms with E-state index in [9.17, 15) is 14.4 Å². The van der Waals surface area contributed by atoms with E-state index in [-0.39, 0.29) is 17.9 Å². The quantitative estimate of drug-likeness (QED) is 0.383. The number of hydrogen-bond donors (Lipinski definition) is 1. The van der Waals surface area contributed by atoms with Crippen LogP contribution in [0, 0.1) is 11.3 Å². The van der Waals surface area contributed by atoms with Gasteiger partial charge in [0.15, 0.2) is 0 Å². The molecule has 1 N–H and O–H groups in total. The van der Waals surface area contributed by atoms with Crippen molar-refractivity contribution in [2.24, 2.45) is 11.3 Å². The van der Waals surface area contributed by atoms with Crippen LogP contribution in [0.3, 0.4) is 0 Å². The number of urea groups is 1. The molecule has 2 unspecified atom stereocenters. The predicted octanol–water partition coefficient (Wildman–Crippen LogP) is 2.74. The summed E-state index contributed by atoms with van der Waals surface area (Å²) >= 11 is 0. The fourth-order valence-electron chi connectivity index (χ4n) is 5.20. The lowest BCUT2D eigenvalue weighted by Gasteiger charge is -2.43. The lowest BCUT2D eigenvalue weighted by Crippen LogP contribution is -2.54. The van der Waals surface area contributed by atoms with Crippen molar-refractivity contribution < 1.29 is 23.6 Å². The zero-order valence-electron chi connectivity index (χ0n) is 19.2. The van der Waals surface area contributed by atoms with Crippen molar-refractivity contribution in [2.45, 2.75) is 58.4 Å². The Hall–Kier alpha value is -3.30. The Morgan fingerprint density at radius 3 is 2.88 bits per heavy atom. The molecule has 10 nitrogen and oxygen atoms in total. The summed E-state index contributed by atoms with van der Waals surface area (Å²) in [7, 11) is 0. The highest BCUT2D eigenvalue weighted by atomic mass is 16.5. The van der Waals surface area contributed by atoms with Crippen LogP contribution in [0.1, 0.15) is 52.3 Å². The molecular formula is C23H29N5O5. The van der Waals surface area contributed by atoms with Crippen LogP contribution in [-0.2, 0) is 20.7 Å². The molecule has 0 aromatic carbocycles. The SMILES string of the molecule is CC1CC(C)(C)CC2(C1)NC(=O)N(CC(=O)OCCCc1nc(-c3cccnc3)no1)C2=O. The standard InChI is InChI=1S/C23H29N5O5/c1-15-10-22(2,3)14-23(11-15)20(30)28(21(31)26-23)13-18(29)32-9-5-7-17-25-19(27-33-17)16-6-4-8-24-12-16/h4,6,8,12,15H,5,7,9-11,13-14H2,1-3H3,(H,26,31). The summed E-state index contributed by atoms with van der Waals surface area (Å²) in [6, 6.07) is 3.09. The Kier molecular flexibility index (Phi) is 6.18. The molecule has 2 atom stereocenters. The Labute approximate surface area is 192 Å². The zero-order chi connectivity index (χ0) is 23.6. The summed E-state index contributed by atoms with van der Waals surface area (Å²) in [5.74, 6) is 0.212. The summed E-state index contributed by atoms with van der Waals surface area (Å²) in [5.41, 5.74) is -0.244. The number of esters is 1. The van der Waals surface area contributed by atoms with Gasteiger partial charge in [0.2, 0.25) is 11.7 Å². The fraction of sp³-hybridized carbons (Fsp3) is 0.565. The minimum Gasteiger partial charge on any atom is -0.464 e. The van der Waals surface area contributed by atoms with Gasteiger partial charge in [0.05, 0.1) is 6.61 Å². The average molecular weight is 456 g/mol. The van der Waals surface area contributed by atoms with Crippen LogP contribution in [-0.4, -0.2) is 56.6 Å². The van der Waals surface area contributed by atoms with Crippen molar-refractivity contribution in [3.63, 3.8) is 0 Å². The van der Waals surface area contributed by atoms with Crippen molar-refractivity contribution in [1.82, 2.24) is 25.3 Å². The van der Waals surface area contributed by atoms with Gasteiger partial charge >= 0.3 is 12.0 Å². The van der Waals surface area contributed by atoms with E-state index in [0.29, 0.717) is 43.3 Å². The maximum atomic E-state index is 13.1. The number of nitrogens with one attached hydrogen (secondary N) is 1. The summed E-state index contributed by atoms with van der Waals surface area (Å²) in [4.78, 5) is 47.2. The molecule has 1 saturated heterocycles. The lowest BCUT2D eigenvalue weighted by molar-refractivity contribution is -0.148. The van der Waals surface area contributed by atoms with Crippen LogP contribution in [0.4, 0.5) is 4.79 Å². The molecule has 2 aliphatic rings. The molecule has 1 aliphatic heterocycles. The number of aryl methyl sites for hydroxylation is 1. The van der Waals surface area contributed by atoms with Gasteiger partial charge in [-0.05, 0) is 49.1 Å². The van der Waals surface area contributed by atoms with Crippen molar-refractivity contribution in [3.8, 4) is 11.4 Å². The van der Waals surface area contributed by atoms with Gasteiger partial charge in [0.25, 0.3) is 5.91 Å². The number of pyridine rings is 1. The highest BCUT2D eigenvalue weighted by Crippen LogP contribution is 2.46. The third kappa shape index (κ3) is 5.04. The smallest absolute Gasteiger partial charge is 0.326 e. The number of aromatic nitrogens is 3. The number of carbonyl (C=O) groups is 3. The first-order valence-corrected chi connectivity index (χ1v) is 11.2. The van der Waals surface area contributed by atoms with Crippen LogP contribution in [0.5, 0.6) is 0 Å². The molecule has 176 valence electrons. The van der Waals surface area contributed by atoms with Crippen LogP contribution in [0.2, 0.25) is 0 Å². The molecule has 2 aromatic rings. The highest BCUT2D eigenvalue weighted by Gasteiger charge is 2.56. The lowest BCUT2D eigenvalue weighted by atomic mass is 9.64. The van der Waals surface area contributed by atoms with E-state index >= 15 is 0 Å².